The maximum absolute atomic E-state index is 6.56. The maximum Gasteiger partial charge on any atom is 0.155 e. The normalized spacial score (nSPS) is 14.8. The van der Waals surface area contributed by atoms with Gasteiger partial charge in [0, 0.05) is 6.20 Å². The molecule has 0 radical (unpaired) electrons. The van der Waals surface area contributed by atoms with E-state index in [-0.39, 0.29) is 12.2 Å². The summed E-state index contributed by atoms with van der Waals surface area (Å²) in [6.07, 6.45) is 15.1. The van der Waals surface area contributed by atoms with Gasteiger partial charge in [-0.2, -0.15) is 0 Å². The number of pyridine rings is 1. The van der Waals surface area contributed by atoms with Gasteiger partial charge in [0.15, 0.2) is 5.82 Å². The van der Waals surface area contributed by atoms with E-state index in [0.717, 1.165) is 17.9 Å². The van der Waals surface area contributed by atoms with Crippen molar-refractivity contribution >= 4 is 33.9 Å². The maximum atomic E-state index is 6.56. The number of rotatable bonds is 6. The summed E-state index contributed by atoms with van der Waals surface area (Å²) in [6.45, 7) is 4.27. The van der Waals surface area contributed by atoms with Crippen LogP contribution in [0.5, 0.6) is 0 Å². The largest absolute Gasteiger partial charge is 0.357 e. The summed E-state index contributed by atoms with van der Waals surface area (Å²) in [7, 11) is 0. The Bertz CT molecular complexity index is 1650. The van der Waals surface area contributed by atoms with Crippen molar-refractivity contribution in [3.63, 3.8) is 0 Å². The number of anilines is 2. The molecule has 1 aliphatic rings. The number of hydrogen-bond donors (Lipinski definition) is 1. The van der Waals surface area contributed by atoms with Crippen molar-refractivity contribution in [2.75, 3.05) is 10.2 Å². The Hall–Kier alpha value is -4.52. The Balaban J connectivity index is 0.00000158. The van der Waals surface area contributed by atoms with Crippen LogP contribution in [0.15, 0.2) is 115 Å². The monoisotopic (exact) mass is 541 g/mol. The molecule has 198 valence electrons. The lowest BCUT2D eigenvalue weighted by atomic mass is 9.96. The third kappa shape index (κ3) is 5.07. The molecule has 0 saturated heterocycles. The van der Waals surface area contributed by atoms with Gasteiger partial charge in [0.25, 0.3) is 0 Å². The molecule has 0 fully saturated rings. The predicted molar refractivity (Wildman–Crippen MR) is 172 cm³/mol. The quantitative estimate of drug-likeness (QED) is 0.171. The van der Waals surface area contributed by atoms with E-state index in [1.54, 1.807) is 6.20 Å². The number of halogens is 1. The molecule has 0 spiro atoms. The Kier molecular flexibility index (Phi) is 8.20. The molecular weight excluding hydrogens is 510 g/mol. The molecule has 3 nitrogen and oxygen atoms in total. The minimum absolute atomic E-state index is 0.0404. The second-order valence-corrected chi connectivity index (χ2v) is 10.1. The van der Waals surface area contributed by atoms with Crippen molar-refractivity contribution in [3.05, 3.63) is 126 Å². The lowest BCUT2D eigenvalue weighted by Crippen LogP contribution is -2.36. The molecule has 2 heterocycles. The number of fused-ring (bicyclic) bond motifs is 2. The van der Waals surface area contributed by atoms with Gasteiger partial charge in [0.05, 0.1) is 16.8 Å². The van der Waals surface area contributed by atoms with E-state index >= 15 is 0 Å². The highest BCUT2D eigenvalue weighted by Gasteiger charge is 2.35. The molecule has 2 unspecified atom stereocenters. The van der Waals surface area contributed by atoms with Crippen LogP contribution in [0.25, 0.3) is 33.0 Å². The lowest BCUT2D eigenvalue weighted by molar-refractivity contribution is 0.611. The Morgan fingerprint density at radius 3 is 2.23 bits per heavy atom. The summed E-state index contributed by atoms with van der Waals surface area (Å²) >= 11 is 6.56. The van der Waals surface area contributed by atoms with E-state index in [4.69, 9.17) is 16.6 Å². The zero-order chi connectivity index (χ0) is 28.1. The first-order valence-electron chi connectivity index (χ1n) is 13.5. The Labute approximate surface area is 242 Å². The van der Waals surface area contributed by atoms with Crippen molar-refractivity contribution in [2.24, 2.45) is 0 Å². The zero-order valence-corrected chi connectivity index (χ0v) is 23.5. The Morgan fingerprint density at radius 2 is 1.52 bits per heavy atom. The van der Waals surface area contributed by atoms with Crippen LogP contribution in [0, 0.1) is 12.8 Å². The van der Waals surface area contributed by atoms with Crippen molar-refractivity contribution < 1.29 is 0 Å². The first-order valence-corrected chi connectivity index (χ1v) is 13.9. The molecule has 1 aliphatic heterocycles. The van der Waals surface area contributed by atoms with Gasteiger partial charge < -0.3 is 10.2 Å². The summed E-state index contributed by atoms with van der Waals surface area (Å²) in [5.41, 5.74) is 6.95. The van der Waals surface area contributed by atoms with Gasteiger partial charge >= 0.3 is 0 Å². The van der Waals surface area contributed by atoms with Crippen molar-refractivity contribution in [1.29, 1.82) is 0 Å². The molecule has 5 aromatic rings. The van der Waals surface area contributed by atoms with E-state index in [9.17, 15) is 0 Å². The summed E-state index contributed by atoms with van der Waals surface area (Å²) < 4.78 is 0. The van der Waals surface area contributed by atoms with Crippen LogP contribution < -0.4 is 10.2 Å². The average molecular weight is 542 g/mol. The highest BCUT2D eigenvalue weighted by Crippen LogP contribution is 2.45. The predicted octanol–water partition coefficient (Wildman–Crippen LogP) is 9.76. The number of nitrogens with zero attached hydrogens (tertiary/aromatic N) is 2. The second kappa shape index (κ2) is 12.1. The first kappa shape index (κ1) is 27.1. The highest BCUT2D eigenvalue weighted by molar-refractivity contribution is 6.34. The fraction of sp³-hybridized carbons (Fsp3) is 0.139. The van der Waals surface area contributed by atoms with Gasteiger partial charge in [-0.25, -0.2) is 4.98 Å². The fourth-order valence-electron chi connectivity index (χ4n) is 5.50. The molecule has 6 rings (SSSR count). The van der Waals surface area contributed by atoms with Crippen LogP contribution in [0.4, 0.5) is 11.5 Å². The first-order chi connectivity index (χ1) is 19.7. The summed E-state index contributed by atoms with van der Waals surface area (Å²) in [5, 5.41) is 6.87. The van der Waals surface area contributed by atoms with Crippen LogP contribution in [0.1, 0.15) is 32.0 Å². The molecular formula is C36H32ClN3. The zero-order valence-electron chi connectivity index (χ0n) is 22.8. The highest BCUT2D eigenvalue weighted by atomic mass is 35.5. The fourth-order valence-corrected chi connectivity index (χ4v) is 5.70. The SMILES string of the molecule is C#C.C/C=C\C(CC)N1c2nccc(Cl)c2NC1c1ccc(-c2ccc(-c3cccc4ccccc34)cc2)cc1. The lowest BCUT2D eigenvalue weighted by Gasteiger charge is -2.32. The molecule has 0 aliphatic carbocycles. The molecule has 2 atom stereocenters. The minimum atomic E-state index is -0.0404. The number of terminal acetylenes is 1. The van der Waals surface area contributed by atoms with Crippen LogP contribution >= 0.6 is 11.6 Å². The van der Waals surface area contributed by atoms with Gasteiger partial charge in [-0.05, 0) is 58.0 Å². The molecule has 4 heteroatoms. The van der Waals surface area contributed by atoms with Gasteiger partial charge in [-0.1, -0.05) is 122 Å². The van der Waals surface area contributed by atoms with E-state index in [0.29, 0.717) is 5.02 Å². The number of nitrogens with one attached hydrogen (secondary N) is 1. The third-order valence-corrected chi connectivity index (χ3v) is 7.73. The number of aromatic nitrogens is 1. The third-order valence-electron chi connectivity index (χ3n) is 7.42. The van der Waals surface area contributed by atoms with Crippen molar-refractivity contribution in [1.82, 2.24) is 4.98 Å². The van der Waals surface area contributed by atoms with Gasteiger partial charge in [-0.15, -0.1) is 12.8 Å². The molecule has 1 N–H and O–H groups in total. The topological polar surface area (TPSA) is 28.2 Å². The Morgan fingerprint density at radius 1 is 0.875 bits per heavy atom. The molecule has 0 bridgehead atoms. The van der Waals surface area contributed by atoms with Gasteiger partial charge in [0.1, 0.15) is 6.17 Å². The number of allylic oxidation sites excluding steroid dienone is 1. The van der Waals surface area contributed by atoms with E-state index in [2.05, 4.69) is 140 Å². The van der Waals surface area contributed by atoms with E-state index in [1.807, 2.05) is 6.07 Å². The van der Waals surface area contributed by atoms with E-state index in [1.165, 1.54) is 38.6 Å². The van der Waals surface area contributed by atoms with Gasteiger partial charge in [-0.3, -0.25) is 0 Å². The van der Waals surface area contributed by atoms with E-state index < -0.39 is 0 Å². The summed E-state index contributed by atoms with van der Waals surface area (Å²) in [5.74, 6) is 0.903. The van der Waals surface area contributed by atoms with Crippen LogP contribution in [-0.2, 0) is 0 Å². The van der Waals surface area contributed by atoms with Gasteiger partial charge in [0.2, 0.25) is 0 Å². The molecule has 0 saturated carbocycles. The molecule has 4 aromatic carbocycles. The average Bonchev–Trinajstić information content (AvgIpc) is 3.41. The minimum Gasteiger partial charge on any atom is -0.357 e. The van der Waals surface area contributed by atoms with Crippen LogP contribution in [-0.4, -0.2) is 11.0 Å². The van der Waals surface area contributed by atoms with Crippen molar-refractivity contribution in [2.45, 2.75) is 32.5 Å². The van der Waals surface area contributed by atoms with Crippen LogP contribution in [0.3, 0.4) is 0 Å². The number of benzene rings is 4. The number of hydrogen-bond acceptors (Lipinski definition) is 3. The molecule has 1 aromatic heterocycles. The second-order valence-electron chi connectivity index (χ2n) is 9.67. The standard InChI is InChI=1S/C34H30ClN3.C2H2/c1-3-8-28(4-2)38-33(37-32-31(35)21-22-36-34(32)38)27-19-15-24(16-20-27)23-13-17-26(18-14-23)30-12-7-10-25-9-5-6-11-29(25)30;1-2/h3,5-22,28,33,37H,4H2,1-2H3;1-2H/b8-3-;. The molecule has 0 amide bonds. The van der Waals surface area contributed by atoms with Crippen LogP contribution in [0.2, 0.25) is 5.02 Å². The summed E-state index contributed by atoms with van der Waals surface area (Å²) in [4.78, 5) is 7.03. The molecule has 40 heavy (non-hydrogen) atoms. The summed E-state index contributed by atoms with van der Waals surface area (Å²) in [6, 6.07) is 34.8. The smallest absolute Gasteiger partial charge is 0.155 e. The van der Waals surface area contributed by atoms with Crippen molar-refractivity contribution in [3.8, 4) is 35.1 Å².